The van der Waals surface area contributed by atoms with Crippen LogP contribution in [-0.4, -0.2) is 86.6 Å². The number of amides is 1. The van der Waals surface area contributed by atoms with E-state index in [1.54, 1.807) is 34.6 Å². The molecule has 5 N–H and O–H groups in total. The molecule has 14 heteroatoms. The summed E-state index contributed by atoms with van der Waals surface area (Å²) in [7, 11) is 0. The Kier molecular flexibility index (Phi) is 19.8. The minimum absolute atomic E-state index is 0.108. The minimum atomic E-state index is -4.64. The SMILES string of the molecule is CCOC(=O)CNC(C)(C)CN.CCOC(=O)CNC(C)(C)CNC(=O)OC(C)(C)C.O=CC(F)(F)F. The van der Waals surface area contributed by atoms with Gasteiger partial charge in [-0.2, -0.15) is 13.2 Å². The van der Waals surface area contributed by atoms with Gasteiger partial charge in [-0.1, -0.05) is 0 Å². The smallest absolute Gasteiger partial charge is 0.446 e. The molecule has 0 aromatic rings. The highest BCUT2D eigenvalue weighted by Crippen LogP contribution is 2.08. The van der Waals surface area contributed by atoms with Crippen LogP contribution in [0.3, 0.4) is 0 Å². The van der Waals surface area contributed by atoms with Crippen LogP contribution in [-0.2, 0) is 28.6 Å². The molecule has 0 heterocycles. The lowest BCUT2D eigenvalue weighted by molar-refractivity contribution is -0.156. The lowest BCUT2D eigenvalue weighted by atomic mass is 10.1. The molecule has 1 amide bonds. The molecule has 0 saturated carbocycles. The summed E-state index contributed by atoms with van der Waals surface area (Å²) in [4.78, 5) is 42.3. The molecule has 37 heavy (non-hydrogen) atoms. The van der Waals surface area contributed by atoms with E-state index in [0.29, 0.717) is 26.3 Å². The summed E-state index contributed by atoms with van der Waals surface area (Å²) in [6.07, 6.45) is -6.17. The van der Waals surface area contributed by atoms with Crippen LogP contribution < -0.4 is 21.7 Å². The number of alkyl halides is 3. The van der Waals surface area contributed by atoms with Crippen molar-refractivity contribution in [3.8, 4) is 0 Å². The van der Waals surface area contributed by atoms with E-state index in [9.17, 15) is 27.6 Å². The first-order chi connectivity index (χ1) is 16.6. The Bertz CT molecular complexity index is 680. The number of halogens is 3. The number of carbonyl (C=O) groups is 4. The van der Waals surface area contributed by atoms with Gasteiger partial charge in [0.1, 0.15) is 5.60 Å². The summed E-state index contributed by atoms with van der Waals surface area (Å²) < 4.78 is 45.9. The number of hydrogen-bond donors (Lipinski definition) is 4. The first kappa shape index (κ1) is 39.1. The van der Waals surface area contributed by atoms with Crippen molar-refractivity contribution >= 4 is 24.3 Å². The molecule has 0 atom stereocenters. The molecule has 0 bridgehead atoms. The van der Waals surface area contributed by atoms with Crippen LogP contribution in [0.4, 0.5) is 18.0 Å². The van der Waals surface area contributed by atoms with Gasteiger partial charge in [0.2, 0.25) is 6.29 Å². The number of alkyl carbamates (subject to hydrolysis) is 1. The van der Waals surface area contributed by atoms with Crippen LogP contribution in [0, 0.1) is 0 Å². The second kappa shape index (κ2) is 18.7. The van der Waals surface area contributed by atoms with Crippen LogP contribution in [0.5, 0.6) is 0 Å². The quantitative estimate of drug-likeness (QED) is 0.172. The topological polar surface area (TPSA) is 158 Å². The van der Waals surface area contributed by atoms with E-state index in [0.717, 1.165) is 0 Å². The van der Waals surface area contributed by atoms with Crippen LogP contribution in [0.25, 0.3) is 0 Å². The molecular formula is C23H45F3N4O7. The summed E-state index contributed by atoms with van der Waals surface area (Å²) in [5, 5.41) is 8.67. The Hall–Kier alpha value is -2.45. The Morgan fingerprint density at radius 1 is 0.811 bits per heavy atom. The fourth-order valence-electron chi connectivity index (χ4n) is 1.79. The van der Waals surface area contributed by atoms with E-state index >= 15 is 0 Å². The molecule has 0 rings (SSSR count). The summed E-state index contributed by atoms with van der Waals surface area (Å²) >= 11 is 0. The van der Waals surface area contributed by atoms with Crippen molar-refractivity contribution in [1.82, 2.24) is 16.0 Å². The number of esters is 2. The van der Waals surface area contributed by atoms with Crippen LogP contribution in [0.2, 0.25) is 0 Å². The van der Waals surface area contributed by atoms with Crippen molar-refractivity contribution in [1.29, 1.82) is 0 Å². The molecule has 11 nitrogen and oxygen atoms in total. The number of nitrogens with one attached hydrogen (secondary N) is 3. The van der Waals surface area contributed by atoms with E-state index in [4.69, 9.17) is 24.7 Å². The Morgan fingerprint density at radius 2 is 1.19 bits per heavy atom. The third kappa shape index (κ3) is 31.5. The molecular weight excluding hydrogens is 501 g/mol. The monoisotopic (exact) mass is 546 g/mol. The molecule has 0 aliphatic heterocycles. The maximum Gasteiger partial charge on any atom is 0.446 e. The van der Waals surface area contributed by atoms with Crippen LogP contribution in [0.15, 0.2) is 0 Å². The zero-order chi connectivity index (χ0) is 29.9. The average molecular weight is 547 g/mol. The molecule has 220 valence electrons. The minimum Gasteiger partial charge on any atom is -0.465 e. The van der Waals surface area contributed by atoms with Gasteiger partial charge in [0.25, 0.3) is 0 Å². The highest BCUT2D eigenvalue weighted by Gasteiger charge is 2.25. The lowest BCUT2D eigenvalue weighted by Gasteiger charge is -2.27. The maximum absolute atomic E-state index is 11.5. The molecule has 0 aromatic heterocycles. The van der Waals surface area contributed by atoms with Gasteiger partial charge in [-0.05, 0) is 62.3 Å². The molecule has 0 aliphatic rings. The molecule has 0 radical (unpaired) electrons. The van der Waals surface area contributed by atoms with Gasteiger partial charge in [0.05, 0.1) is 26.3 Å². The molecule has 0 aromatic carbocycles. The zero-order valence-corrected chi connectivity index (χ0v) is 23.4. The van der Waals surface area contributed by atoms with Crippen molar-refractivity contribution in [2.45, 2.75) is 85.2 Å². The van der Waals surface area contributed by atoms with Gasteiger partial charge in [0.15, 0.2) is 0 Å². The van der Waals surface area contributed by atoms with Crippen molar-refractivity contribution in [2.75, 3.05) is 39.4 Å². The van der Waals surface area contributed by atoms with E-state index < -0.39 is 29.7 Å². The predicted octanol–water partition coefficient (Wildman–Crippen LogP) is 2.07. The zero-order valence-electron chi connectivity index (χ0n) is 23.4. The first-order valence-corrected chi connectivity index (χ1v) is 11.6. The number of hydrogen-bond acceptors (Lipinski definition) is 10. The summed E-state index contributed by atoms with van der Waals surface area (Å²) in [6.45, 7) is 18.5. The van der Waals surface area contributed by atoms with Crippen molar-refractivity contribution in [2.24, 2.45) is 5.73 Å². The Morgan fingerprint density at radius 3 is 1.49 bits per heavy atom. The normalized spacial score (nSPS) is 11.6. The number of rotatable bonds is 11. The van der Waals surface area contributed by atoms with Gasteiger partial charge >= 0.3 is 24.2 Å². The molecule has 0 unspecified atom stereocenters. The van der Waals surface area contributed by atoms with Crippen LogP contribution >= 0.6 is 0 Å². The molecule has 0 saturated heterocycles. The van der Waals surface area contributed by atoms with E-state index in [1.165, 1.54) is 0 Å². The van der Waals surface area contributed by atoms with Gasteiger partial charge in [-0.3, -0.25) is 14.4 Å². The Labute approximate surface area is 217 Å². The van der Waals surface area contributed by atoms with Gasteiger partial charge < -0.3 is 35.9 Å². The summed E-state index contributed by atoms with van der Waals surface area (Å²) in [6, 6.07) is 0. The van der Waals surface area contributed by atoms with Crippen molar-refractivity contribution in [3.63, 3.8) is 0 Å². The second-order valence-corrected chi connectivity index (χ2v) is 9.80. The number of ether oxygens (including phenoxy) is 3. The molecule has 0 aliphatic carbocycles. The van der Waals surface area contributed by atoms with E-state index in [1.807, 2.05) is 27.7 Å². The van der Waals surface area contributed by atoms with Gasteiger partial charge in [0, 0.05) is 24.2 Å². The number of nitrogens with two attached hydrogens (primary N) is 1. The lowest BCUT2D eigenvalue weighted by Crippen LogP contribution is -2.51. The predicted molar refractivity (Wildman–Crippen MR) is 133 cm³/mol. The van der Waals surface area contributed by atoms with E-state index in [2.05, 4.69) is 16.0 Å². The standard InChI is InChI=1S/C13H26N2O4.C8H18N2O2.C2HF3O/c1-7-18-10(16)8-15-13(5,6)9-14-11(17)19-12(2,3)4;1-4-12-7(11)5-10-8(2,3)6-9;3-2(4,5)1-6/h15H,7-9H2,1-6H3,(H,14,17);10H,4-6,9H2,1-3H3;1H. The van der Waals surface area contributed by atoms with Crippen LogP contribution in [0.1, 0.15) is 62.3 Å². The summed E-state index contributed by atoms with van der Waals surface area (Å²) in [5.41, 5.74) is 4.30. The largest absolute Gasteiger partial charge is 0.465 e. The second-order valence-electron chi connectivity index (χ2n) is 9.80. The van der Waals surface area contributed by atoms with Gasteiger partial charge in [-0.15, -0.1) is 0 Å². The molecule has 0 fully saturated rings. The average Bonchev–Trinajstić information content (AvgIpc) is 2.75. The summed E-state index contributed by atoms with van der Waals surface area (Å²) in [5.74, 6) is -0.549. The molecule has 0 spiro atoms. The van der Waals surface area contributed by atoms with Gasteiger partial charge in [-0.25, -0.2) is 4.79 Å². The number of carbonyl (C=O) groups excluding carboxylic acids is 4. The first-order valence-electron chi connectivity index (χ1n) is 11.6. The van der Waals surface area contributed by atoms with Crippen molar-refractivity contribution in [3.05, 3.63) is 0 Å². The highest BCUT2D eigenvalue weighted by atomic mass is 19.4. The fraction of sp³-hybridized carbons (Fsp3) is 0.826. The Balaban J connectivity index is -0.000000544. The maximum atomic E-state index is 11.5. The third-order valence-corrected chi connectivity index (χ3v) is 3.75. The van der Waals surface area contributed by atoms with Crippen molar-refractivity contribution < 1.29 is 46.6 Å². The van der Waals surface area contributed by atoms with E-state index in [-0.39, 0.29) is 30.6 Å². The number of aldehydes is 1. The third-order valence-electron chi connectivity index (χ3n) is 3.75. The highest BCUT2D eigenvalue weighted by molar-refractivity contribution is 5.72. The fourth-order valence-corrected chi connectivity index (χ4v) is 1.79.